The Morgan fingerprint density at radius 1 is 1.21 bits per heavy atom. The number of aliphatic imine (C=N–C) groups is 1. The number of nitrogens with one attached hydrogen (secondary N) is 1. The fraction of sp³-hybridized carbons (Fsp3) is 0.176. The smallest absolute Gasteiger partial charge is 0.409 e. The lowest BCUT2D eigenvalue weighted by Gasteiger charge is -2.30. The first-order chi connectivity index (χ1) is 11.2. The molecular weight excluding hydrogens is 318 g/mol. The summed E-state index contributed by atoms with van der Waals surface area (Å²) in [7, 11) is 0. The molecule has 0 atom stereocenters. The lowest BCUT2D eigenvalue weighted by Crippen LogP contribution is -2.33. The molecule has 1 aliphatic heterocycles. The van der Waals surface area contributed by atoms with E-state index in [0.717, 1.165) is 6.07 Å². The monoisotopic (exact) mass is 332 g/mol. The number of hydrogen-bond acceptors (Lipinski definition) is 3. The van der Waals surface area contributed by atoms with Gasteiger partial charge in [0, 0.05) is 11.6 Å². The quantitative estimate of drug-likeness (QED) is 0.872. The van der Waals surface area contributed by atoms with Crippen molar-refractivity contribution < 1.29 is 23.4 Å². The largest absolute Gasteiger partial charge is 0.466 e. The molecule has 0 radical (unpaired) electrons. The number of benzene rings is 2. The molecule has 3 rings (SSSR count). The van der Waals surface area contributed by atoms with E-state index in [0.29, 0.717) is 11.3 Å². The molecule has 0 saturated carbocycles. The van der Waals surface area contributed by atoms with Crippen LogP contribution in [0.1, 0.15) is 25.0 Å². The first-order valence-corrected chi connectivity index (χ1v) is 7.14. The molecule has 1 heterocycles. The molecular formula is C17H14F2N2O3. The molecule has 2 N–H and O–H groups in total. The van der Waals surface area contributed by atoms with E-state index >= 15 is 0 Å². The van der Waals surface area contributed by atoms with Crippen LogP contribution in [0.2, 0.25) is 0 Å². The molecule has 24 heavy (non-hydrogen) atoms. The molecule has 5 nitrogen and oxygen atoms in total. The molecule has 0 aromatic heterocycles. The summed E-state index contributed by atoms with van der Waals surface area (Å²) in [5, 5.41) is 10.9. The van der Waals surface area contributed by atoms with Crippen LogP contribution in [0.3, 0.4) is 0 Å². The molecule has 1 aliphatic rings. The van der Waals surface area contributed by atoms with Gasteiger partial charge in [0.2, 0.25) is 0 Å². The van der Waals surface area contributed by atoms with Crippen LogP contribution in [-0.4, -0.2) is 22.6 Å². The fourth-order valence-corrected chi connectivity index (χ4v) is 2.52. The Balaban J connectivity index is 2.16. The zero-order valence-corrected chi connectivity index (χ0v) is 12.9. The van der Waals surface area contributed by atoms with Gasteiger partial charge in [0.1, 0.15) is 17.4 Å². The van der Waals surface area contributed by atoms with Crippen molar-refractivity contribution in [2.45, 2.75) is 19.6 Å². The van der Waals surface area contributed by atoms with Gasteiger partial charge in [-0.3, -0.25) is 5.32 Å². The third-order valence-electron chi connectivity index (χ3n) is 3.40. The fourth-order valence-electron chi connectivity index (χ4n) is 2.52. The summed E-state index contributed by atoms with van der Waals surface area (Å²) in [5.74, 6) is -0.930. The zero-order chi connectivity index (χ0) is 17.5. The lowest BCUT2D eigenvalue weighted by atomic mass is 9.98. The Bertz CT molecular complexity index is 846. The zero-order valence-electron chi connectivity index (χ0n) is 12.9. The van der Waals surface area contributed by atoms with Crippen molar-refractivity contribution >= 4 is 17.5 Å². The highest BCUT2D eigenvalue weighted by Gasteiger charge is 2.31. The van der Waals surface area contributed by atoms with Gasteiger partial charge in [-0.05, 0) is 44.2 Å². The van der Waals surface area contributed by atoms with Crippen LogP contribution in [0.15, 0.2) is 41.4 Å². The minimum atomic E-state index is -1.31. The van der Waals surface area contributed by atoms with Gasteiger partial charge in [-0.25, -0.2) is 18.6 Å². The van der Waals surface area contributed by atoms with Gasteiger partial charge >= 0.3 is 6.09 Å². The maximum Gasteiger partial charge on any atom is 0.409 e. The number of halogens is 2. The van der Waals surface area contributed by atoms with E-state index in [-0.39, 0.29) is 17.0 Å². The lowest BCUT2D eigenvalue weighted by molar-refractivity contribution is 0.115. The van der Waals surface area contributed by atoms with Gasteiger partial charge in [0.05, 0.1) is 17.0 Å². The molecule has 2 aromatic carbocycles. The molecule has 0 saturated heterocycles. The van der Waals surface area contributed by atoms with Crippen LogP contribution in [0.5, 0.6) is 5.75 Å². The van der Waals surface area contributed by atoms with Crippen LogP contribution >= 0.6 is 0 Å². The van der Waals surface area contributed by atoms with Gasteiger partial charge in [-0.15, -0.1) is 0 Å². The summed E-state index contributed by atoms with van der Waals surface area (Å²) in [5.41, 5.74) is 0.0321. The van der Waals surface area contributed by atoms with Crippen LogP contribution in [0.4, 0.5) is 19.3 Å². The van der Waals surface area contributed by atoms with Gasteiger partial charge in [0.25, 0.3) is 0 Å². The number of amides is 1. The van der Waals surface area contributed by atoms with Gasteiger partial charge < -0.3 is 9.84 Å². The topological polar surface area (TPSA) is 70.9 Å². The van der Waals surface area contributed by atoms with Crippen molar-refractivity contribution in [1.82, 2.24) is 0 Å². The number of rotatable bonds is 2. The van der Waals surface area contributed by atoms with E-state index in [2.05, 4.69) is 10.3 Å². The SMILES string of the molecule is CC1(C)N=C(c2ccc(F)cc2)c2c(F)cc(NC(=O)O)cc2O1. The predicted octanol–water partition coefficient (Wildman–Crippen LogP) is 4.02. The van der Waals surface area contributed by atoms with Gasteiger partial charge in [-0.2, -0.15) is 0 Å². The Morgan fingerprint density at radius 2 is 1.88 bits per heavy atom. The van der Waals surface area contributed by atoms with Crippen LogP contribution in [0, 0.1) is 11.6 Å². The molecule has 2 aromatic rings. The summed E-state index contributed by atoms with van der Waals surface area (Å²) < 4.78 is 33.4. The van der Waals surface area contributed by atoms with Crippen LogP contribution < -0.4 is 10.1 Å². The van der Waals surface area contributed by atoms with Crippen molar-refractivity contribution in [3.05, 3.63) is 59.2 Å². The van der Waals surface area contributed by atoms with E-state index in [1.54, 1.807) is 13.8 Å². The molecule has 0 spiro atoms. The summed E-state index contributed by atoms with van der Waals surface area (Å²) in [4.78, 5) is 15.2. The number of anilines is 1. The van der Waals surface area contributed by atoms with Crippen molar-refractivity contribution in [3.63, 3.8) is 0 Å². The number of carboxylic acid groups (broad SMARTS) is 1. The second-order valence-corrected chi connectivity index (χ2v) is 5.78. The number of fused-ring (bicyclic) bond motifs is 1. The van der Waals surface area contributed by atoms with Crippen LogP contribution in [0.25, 0.3) is 0 Å². The van der Waals surface area contributed by atoms with E-state index in [1.807, 2.05) is 0 Å². The Hall–Kier alpha value is -2.96. The third kappa shape index (κ3) is 3.05. The number of hydrogen-bond donors (Lipinski definition) is 2. The number of carbonyl (C=O) groups is 1. The standard InChI is InChI=1S/C17H14F2N2O3/c1-17(2)21-15(9-3-5-10(18)6-4-9)14-12(19)7-11(20-16(22)23)8-13(14)24-17/h3-8,20H,1-2H3,(H,22,23). The highest BCUT2D eigenvalue weighted by Crippen LogP contribution is 2.36. The second kappa shape index (κ2) is 5.59. The van der Waals surface area contributed by atoms with Crippen molar-refractivity contribution in [2.75, 3.05) is 5.32 Å². The van der Waals surface area contributed by atoms with Gasteiger partial charge in [-0.1, -0.05) is 0 Å². The molecule has 0 fully saturated rings. The maximum atomic E-state index is 14.6. The first kappa shape index (κ1) is 15.9. The molecule has 0 unspecified atom stereocenters. The Kier molecular flexibility index (Phi) is 3.71. The second-order valence-electron chi connectivity index (χ2n) is 5.78. The summed E-state index contributed by atoms with van der Waals surface area (Å²) in [6, 6.07) is 7.97. The highest BCUT2D eigenvalue weighted by atomic mass is 19.1. The van der Waals surface area contributed by atoms with Gasteiger partial charge in [0.15, 0.2) is 5.72 Å². The summed E-state index contributed by atoms with van der Waals surface area (Å²) in [6.07, 6.45) is -1.31. The minimum absolute atomic E-state index is 0.0508. The maximum absolute atomic E-state index is 14.6. The van der Waals surface area contributed by atoms with E-state index in [4.69, 9.17) is 9.84 Å². The third-order valence-corrected chi connectivity index (χ3v) is 3.40. The summed E-state index contributed by atoms with van der Waals surface area (Å²) >= 11 is 0. The number of nitrogens with zero attached hydrogens (tertiary/aromatic N) is 1. The predicted molar refractivity (Wildman–Crippen MR) is 84.8 cm³/mol. The van der Waals surface area contributed by atoms with Crippen molar-refractivity contribution in [3.8, 4) is 5.75 Å². The number of ether oxygens (including phenoxy) is 1. The Labute approximate surface area is 136 Å². The minimum Gasteiger partial charge on any atom is -0.466 e. The average Bonchev–Trinajstić information content (AvgIpc) is 2.44. The Morgan fingerprint density at radius 3 is 2.50 bits per heavy atom. The van der Waals surface area contributed by atoms with E-state index < -0.39 is 23.5 Å². The highest BCUT2D eigenvalue weighted by molar-refractivity contribution is 6.15. The molecule has 0 aliphatic carbocycles. The van der Waals surface area contributed by atoms with E-state index in [9.17, 15) is 13.6 Å². The van der Waals surface area contributed by atoms with Crippen LogP contribution in [-0.2, 0) is 0 Å². The molecule has 7 heteroatoms. The van der Waals surface area contributed by atoms with Crippen molar-refractivity contribution in [2.24, 2.45) is 4.99 Å². The molecule has 0 bridgehead atoms. The molecule has 124 valence electrons. The normalized spacial score (nSPS) is 15.1. The van der Waals surface area contributed by atoms with Crippen molar-refractivity contribution in [1.29, 1.82) is 0 Å². The molecule has 1 amide bonds. The van der Waals surface area contributed by atoms with E-state index in [1.165, 1.54) is 30.3 Å². The first-order valence-electron chi connectivity index (χ1n) is 7.14. The summed E-state index contributed by atoms with van der Waals surface area (Å²) in [6.45, 7) is 3.38. The average molecular weight is 332 g/mol.